The molecule has 0 amide bonds. The van der Waals surface area contributed by atoms with Gasteiger partial charge in [0.2, 0.25) is 0 Å². The van der Waals surface area contributed by atoms with E-state index in [-0.39, 0.29) is 10.8 Å². The van der Waals surface area contributed by atoms with Gasteiger partial charge in [-0.3, -0.25) is 0 Å². The molecule has 6 aromatic carbocycles. The number of anilines is 1. The minimum absolute atomic E-state index is 0.224. The van der Waals surface area contributed by atoms with Crippen molar-refractivity contribution >= 4 is 43.2 Å². The third-order valence-corrected chi connectivity index (χ3v) is 8.02. The predicted octanol–water partition coefficient (Wildman–Crippen LogP) is 11.9. The molecule has 0 aliphatic heterocycles. The zero-order valence-electron chi connectivity index (χ0n) is 26.4. The van der Waals surface area contributed by atoms with Gasteiger partial charge in [0.05, 0.1) is 0 Å². The molecule has 0 aliphatic rings. The number of nitrogens with two attached hydrogens (primary N) is 1. The van der Waals surface area contributed by atoms with Gasteiger partial charge >= 0.3 is 0 Å². The van der Waals surface area contributed by atoms with Crippen LogP contribution in [0.1, 0.15) is 63.8 Å². The number of halogens is 1. The fourth-order valence-electron chi connectivity index (χ4n) is 4.85. The van der Waals surface area contributed by atoms with E-state index in [1.807, 2.05) is 12.1 Å². The summed E-state index contributed by atoms with van der Waals surface area (Å²) in [4.78, 5) is 0. The van der Waals surface area contributed by atoms with E-state index in [1.165, 1.54) is 43.8 Å². The maximum atomic E-state index is 5.57. The second kappa shape index (κ2) is 14.1. The van der Waals surface area contributed by atoms with Crippen molar-refractivity contribution in [2.24, 2.45) is 0 Å². The number of hydrogen-bond donors (Lipinski definition) is 1. The Balaban J connectivity index is 0.000000162. The summed E-state index contributed by atoms with van der Waals surface area (Å²) in [5.74, 6) is 0. The van der Waals surface area contributed by atoms with Crippen molar-refractivity contribution in [1.82, 2.24) is 0 Å². The molecule has 0 radical (unpaired) electrons. The third-order valence-electron chi connectivity index (χ3n) is 7.53. The Kier molecular flexibility index (Phi) is 10.5. The second-order valence-electron chi connectivity index (χ2n) is 13.2. The van der Waals surface area contributed by atoms with Crippen LogP contribution in [0.4, 0.5) is 5.69 Å². The summed E-state index contributed by atoms with van der Waals surface area (Å²) in [5.41, 5.74) is 12.3. The summed E-state index contributed by atoms with van der Waals surface area (Å²) in [5, 5.41) is 5.20. The van der Waals surface area contributed by atoms with E-state index < -0.39 is 0 Å². The van der Waals surface area contributed by atoms with Crippen LogP contribution in [0.5, 0.6) is 0 Å². The van der Waals surface area contributed by atoms with Crippen LogP contribution in [0.15, 0.2) is 138 Å². The maximum Gasteiger partial charge on any atom is 0.0314 e. The molecular formula is C41H44BrN. The molecule has 43 heavy (non-hydrogen) atoms. The van der Waals surface area contributed by atoms with Crippen molar-refractivity contribution in [3.05, 3.63) is 160 Å². The molecule has 220 valence electrons. The highest BCUT2D eigenvalue weighted by Gasteiger charge is 2.13. The van der Waals surface area contributed by atoms with E-state index >= 15 is 0 Å². The van der Waals surface area contributed by atoms with Crippen molar-refractivity contribution in [2.45, 2.75) is 58.8 Å². The van der Waals surface area contributed by atoms with Gasteiger partial charge in [-0.25, -0.2) is 0 Å². The molecule has 6 aromatic rings. The summed E-state index contributed by atoms with van der Waals surface area (Å²) < 4.78 is 1.14. The third kappa shape index (κ3) is 9.56. The van der Waals surface area contributed by atoms with E-state index in [2.05, 4.69) is 179 Å². The lowest BCUT2D eigenvalue weighted by atomic mass is 9.86. The minimum Gasteiger partial charge on any atom is -0.399 e. The number of benzene rings is 6. The summed E-state index contributed by atoms with van der Waals surface area (Å²) in [7, 11) is 0. The molecule has 1 nitrogen and oxygen atoms in total. The molecule has 0 aromatic heterocycles. The van der Waals surface area contributed by atoms with Gasteiger partial charge in [-0.1, -0.05) is 167 Å². The first-order valence-corrected chi connectivity index (χ1v) is 15.8. The van der Waals surface area contributed by atoms with Crippen molar-refractivity contribution in [2.75, 3.05) is 5.73 Å². The van der Waals surface area contributed by atoms with E-state index in [9.17, 15) is 0 Å². The molecule has 2 N–H and O–H groups in total. The highest BCUT2D eigenvalue weighted by molar-refractivity contribution is 9.10. The van der Waals surface area contributed by atoms with Crippen LogP contribution in [-0.4, -0.2) is 0 Å². The highest BCUT2D eigenvalue weighted by atomic mass is 79.9. The fourth-order valence-corrected chi connectivity index (χ4v) is 5.23. The topological polar surface area (TPSA) is 26.0 Å². The van der Waals surface area contributed by atoms with Gasteiger partial charge in [-0.2, -0.15) is 0 Å². The molecule has 0 spiro atoms. The quantitative estimate of drug-likeness (QED) is 0.189. The van der Waals surface area contributed by atoms with Gasteiger partial charge in [0.15, 0.2) is 0 Å². The predicted molar refractivity (Wildman–Crippen MR) is 193 cm³/mol. The molecule has 0 unspecified atom stereocenters. The smallest absolute Gasteiger partial charge is 0.0314 e. The summed E-state index contributed by atoms with van der Waals surface area (Å²) >= 11 is 3.43. The first kappa shape index (κ1) is 32.0. The van der Waals surface area contributed by atoms with Gasteiger partial charge in [0, 0.05) is 10.2 Å². The number of fused-ring (bicyclic) bond motifs is 2. The Morgan fingerprint density at radius 2 is 0.884 bits per heavy atom. The summed E-state index contributed by atoms with van der Waals surface area (Å²) in [6.45, 7) is 13.3. The summed E-state index contributed by atoms with van der Waals surface area (Å²) in [6.07, 6.45) is 0.995. The van der Waals surface area contributed by atoms with Crippen LogP contribution in [0, 0.1) is 0 Å². The highest BCUT2D eigenvalue weighted by Crippen LogP contribution is 2.24. The van der Waals surface area contributed by atoms with Crippen LogP contribution in [-0.2, 0) is 17.3 Å². The second-order valence-corrected chi connectivity index (χ2v) is 14.1. The van der Waals surface area contributed by atoms with E-state index in [4.69, 9.17) is 5.73 Å². The van der Waals surface area contributed by atoms with Crippen molar-refractivity contribution in [3.8, 4) is 0 Å². The first-order valence-electron chi connectivity index (χ1n) is 15.0. The minimum atomic E-state index is 0.224. The Morgan fingerprint density at radius 3 is 1.40 bits per heavy atom. The molecule has 0 saturated carbocycles. The molecule has 0 saturated heterocycles. The molecule has 0 aliphatic carbocycles. The van der Waals surface area contributed by atoms with Crippen LogP contribution >= 0.6 is 15.9 Å². The Hall–Kier alpha value is -3.88. The normalized spacial score (nSPS) is 11.3. The van der Waals surface area contributed by atoms with Gasteiger partial charge in [-0.05, 0) is 85.3 Å². The molecule has 2 heteroatoms. The van der Waals surface area contributed by atoms with Crippen LogP contribution < -0.4 is 5.73 Å². The maximum absolute atomic E-state index is 5.57. The Labute approximate surface area is 266 Å². The molecule has 6 rings (SSSR count). The molecule has 0 fully saturated rings. The van der Waals surface area contributed by atoms with Crippen molar-refractivity contribution in [1.29, 1.82) is 0 Å². The lowest BCUT2D eigenvalue weighted by molar-refractivity contribution is 0.590. The fraction of sp³-hybridized carbons (Fsp3) is 0.220. The zero-order chi connectivity index (χ0) is 31.0. The number of nitrogen functional groups attached to an aromatic ring is 1. The molecule has 0 atom stereocenters. The lowest BCUT2D eigenvalue weighted by Crippen LogP contribution is -2.10. The molecular weight excluding hydrogens is 586 g/mol. The van der Waals surface area contributed by atoms with E-state index in [0.717, 1.165) is 16.6 Å². The van der Waals surface area contributed by atoms with Gasteiger partial charge < -0.3 is 5.73 Å². The average Bonchev–Trinajstić information content (AvgIpc) is 2.97. The van der Waals surface area contributed by atoms with Crippen LogP contribution in [0.2, 0.25) is 0 Å². The SMILES string of the molecule is Brc1ccc2ccccc2c1.CC(C)(C)c1ccc(Cc2ccc3ccccc3c2)cc1.CC(C)(C)c1ccc(N)cc1. The number of rotatable bonds is 2. The van der Waals surface area contributed by atoms with Gasteiger partial charge in [0.1, 0.15) is 0 Å². The van der Waals surface area contributed by atoms with Crippen LogP contribution in [0.25, 0.3) is 21.5 Å². The standard InChI is InChI=1S/C21H22.C10H7Br.C10H15N/c1-21(2,3)20-12-9-16(10-13-20)14-17-8-11-18-6-4-5-7-19(18)15-17;11-10-6-5-8-3-1-2-4-9(8)7-10;1-10(2,3)8-4-6-9(11)7-5-8/h4-13,15H,14H2,1-3H3;1-7H;4-7H,11H2,1-3H3. The summed E-state index contributed by atoms with van der Waals surface area (Å²) in [6, 6.07) is 47.0. The van der Waals surface area contributed by atoms with Gasteiger partial charge in [0.25, 0.3) is 0 Å². The first-order chi connectivity index (χ1) is 20.4. The number of hydrogen-bond acceptors (Lipinski definition) is 1. The molecule has 0 heterocycles. The van der Waals surface area contributed by atoms with Crippen molar-refractivity contribution < 1.29 is 0 Å². The largest absolute Gasteiger partial charge is 0.399 e. The van der Waals surface area contributed by atoms with E-state index in [1.54, 1.807) is 0 Å². The molecule has 0 bridgehead atoms. The van der Waals surface area contributed by atoms with E-state index in [0.29, 0.717) is 0 Å². The van der Waals surface area contributed by atoms with Crippen LogP contribution in [0.3, 0.4) is 0 Å². The lowest BCUT2D eigenvalue weighted by Gasteiger charge is -2.19. The van der Waals surface area contributed by atoms with Crippen molar-refractivity contribution in [3.63, 3.8) is 0 Å². The Morgan fingerprint density at radius 1 is 0.465 bits per heavy atom. The Bertz CT molecular complexity index is 1750. The zero-order valence-corrected chi connectivity index (χ0v) is 28.0. The monoisotopic (exact) mass is 629 g/mol. The van der Waals surface area contributed by atoms with Gasteiger partial charge in [-0.15, -0.1) is 0 Å². The average molecular weight is 631 g/mol.